The van der Waals surface area contributed by atoms with E-state index in [-0.39, 0.29) is 5.69 Å². The minimum atomic E-state index is -0.447. The van der Waals surface area contributed by atoms with Crippen LogP contribution in [-0.4, -0.2) is 4.92 Å². The maximum Gasteiger partial charge on any atom is 0.276 e. The number of benzene rings is 2. The Hall–Kier alpha value is -2.87. The highest BCUT2D eigenvalue weighted by molar-refractivity contribution is 5.52. The number of rotatable bonds is 3. The largest absolute Gasteiger partial charge is 0.455 e. The van der Waals surface area contributed by atoms with Gasteiger partial charge in [0.15, 0.2) is 0 Å². The topological polar surface area (TPSA) is 76.2 Å². The molecule has 0 fully saturated rings. The van der Waals surface area contributed by atoms with Gasteiger partial charge in [-0.3, -0.25) is 10.1 Å². The molecule has 0 aliphatic rings. The van der Waals surface area contributed by atoms with E-state index in [9.17, 15) is 10.1 Å². The van der Waals surface area contributed by atoms with E-state index in [1.54, 1.807) is 44.2 Å². The normalized spacial score (nSPS) is 9.85. The van der Waals surface area contributed by atoms with Crippen LogP contribution in [0.1, 0.15) is 16.7 Å². The summed E-state index contributed by atoms with van der Waals surface area (Å²) >= 11 is 0. The first-order valence-corrected chi connectivity index (χ1v) is 5.95. The molecule has 0 aliphatic carbocycles. The van der Waals surface area contributed by atoms with Crippen molar-refractivity contribution in [3.05, 3.63) is 63.2 Å². The summed E-state index contributed by atoms with van der Waals surface area (Å²) in [6, 6.07) is 11.9. The molecule has 2 rings (SSSR count). The number of nitrogens with zero attached hydrogens (tertiary/aromatic N) is 2. The van der Waals surface area contributed by atoms with Crippen molar-refractivity contribution in [3.63, 3.8) is 0 Å². The molecule has 5 heteroatoms. The van der Waals surface area contributed by atoms with E-state index in [1.807, 2.05) is 6.07 Å². The van der Waals surface area contributed by atoms with Crippen LogP contribution >= 0.6 is 0 Å². The van der Waals surface area contributed by atoms with E-state index in [1.165, 1.54) is 6.07 Å². The maximum absolute atomic E-state index is 11.0. The molecule has 5 nitrogen and oxygen atoms in total. The molecule has 0 bridgehead atoms. The minimum Gasteiger partial charge on any atom is -0.455 e. The third-order valence-electron chi connectivity index (χ3n) is 2.92. The van der Waals surface area contributed by atoms with E-state index < -0.39 is 4.92 Å². The zero-order valence-electron chi connectivity index (χ0n) is 11.1. The molecule has 0 unspecified atom stereocenters. The highest BCUT2D eigenvalue weighted by Crippen LogP contribution is 2.32. The number of nitro groups is 1. The summed E-state index contributed by atoms with van der Waals surface area (Å²) in [5, 5.41) is 20.0. The summed E-state index contributed by atoms with van der Waals surface area (Å²) in [5.74, 6) is 0.765. The molecule has 0 spiro atoms. The molecular formula is C15H12N2O3. The van der Waals surface area contributed by atoms with Crippen LogP contribution in [0.15, 0.2) is 36.4 Å². The SMILES string of the molecule is Cc1cc(C)c([N+](=O)[O-])cc1Oc1ccccc1C#N. The highest BCUT2D eigenvalue weighted by atomic mass is 16.6. The number of nitro benzene ring substituents is 1. The van der Waals surface area contributed by atoms with Crippen LogP contribution in [0.3, 0.4) is 0 Å². The second-order valence-corrected chi connectivity index (χ2v) is 4.37. The molecule has 100 valence electrons. The number of nitriles is 1. The molecule has 0 saturated heterocycles. The van der Waals surface area contributed by atoms with E-state index in [0.717, 1.165) is 5.56 Å². The third kappa shape index (κ3) is 2.59. The molecule has 0 amide bonds. The van der Waals surface area contributed by atoms with Crippen LogP contribution in [0.2, 0.25) is 0 Å². The Labute approximate surface area is 116 Å². The van der Waals surface area contributed by atoms with Crippen molar-refractivity contribution in [1.82, 2.24) is 0 Å². The lowest BCUT2D eigenvalue weighted by atomic mass is 10.1. The Kier molecular flexibility index (Phi) is 3.67. The average molecular weight is 268 g/mol. The fraction of sp³-hybridized carbons (Fsp3) is 0.133. The van der Waals surface area contributed by atoms with Crippen LogP contribution in [0.25, 0.3) is 0 Å². The van der Waals surface area contributed by atoms with Crippen LogP contribution < -0.4 is 4.74 Å². The monoisotopic (exact) mass is 268 g/mol. The van der Waals surface area contributed by atoms with E-state index >= 15 is 0 Å². The van der Waals surface area contributed by atoms with Gasteiger partial charge in [0, 0.05) is 5.56 Å². The Morgan fingerprint density at radius 1 is 1.15 bits per heavy atom. The van der Waals surface area contributed by atoms with E-state index in [4.69, 9.17) is 10.00 Å². The van der Waals surface area contributed by atoms with Gasteiger partial charge in [0.2, 0.25) is 0 Å². The predicted molar refractivity (Wildman–Crippen MR) is 73.8 cm³/mol. The first-order chi connectivity index (χ1) is 9.52. The van der Waals surface area contributed by atoms with E-state index in [2.05, 4.69) is 0 Å². The van der Waals surface area contributed by atoms with Gasteiger partial charge in [0.1, 0.15) is 17.6 Å². The van der Waals surface area contributed by atoms with Gasteiger partial charge < -0.3 is 4.74 Å². The molecular weight excluding hydrogens is 256 g/mol. The standard InChI is InChI=1S/C15H12N2O3/c1-10-7-11(2)15(8-13(10)17(18)19)20-14-6-4-3-5-12(14)9-16/h3-8H,1-2H3. The Morgan fingerprint density at radius 3 is 2.50 bits per heavy atom. The number of hydrogen-bond donors (Lipinski definition) is 0. The zero-order valence-corrected chi connectivity index (χ0v) is 11.1. The fourth-order valence-electron chi connectivity index (χ4n) is 1.89. The van der Waals surface area contributed by atoms with Crippen molar-refractivity contribution in [1.29, 1.82) is 5.26 Å². The Balaban J connectivity index is 2.46. The summed E-state index contributed by atoms with van der Waals surface area (Å²) in [6.45, 7) is 3.49. The van der Waals surface area contributed by atoms with Gasteiger partial charge >= 0.3 is 0 Å². The lowest BCUT2D eigenvalue weighted by molar-refractivity contribution is -0.385. The van der Waals surface area contributed by atoms with Crippen molar-refractivity contribution < 1.29 is 9.66 Å². The molecule has 2 aromatic rings. The highest BCUT2D eigenvalue weighted by Gasteiger charge is 2.15. The van der Waals surface area contributed by atoms with Crippen molar-refractivity contribution in [2.45, 2.75) is 13.8 Å². The number of ether oxygens (including phenoxy) is 1. The van der Waals surface area contributed by atoms with Crippen LogP contribution in [0.5, 0.6) is 11.5 Å². The summed E-state index contributed by atoms with van der Waals surface area (Å²) in [5.41, 5.74) is 1.74. The third-order valence-corrected chi connectivity index (χ3v) is 2.92. The quantitative estimate of drug-likeness (QED) is 0.625. The zero-order chi connectivity index (χ0) is 14.7. The molecule has 0 saturated carbocycles. The van der Waals surface area contributed by atoms with Gasteiger partial charge in [0.25, 0.3) is 5.69 Å². The second-order valence-electron chi connectivity index (χ2n) is 4.37. The predicted octanol–water partition coefficient (Wildman–Crippen LogP) is 3.88. The van der Waals surface area contributed by atoms with Crippen LogP contribution in [-0.2, 0) is 0 Å². The van der Waals surface area contributed by atoms with Crippen LogP contribution in [0.4, 0.5) is 5.69 Å². The lowest BCUT2D eigenvalue weighted by Gasteiger charge is -2.10. The van der Waals surface area contributed by atoms with Gasteiger partial charge in [-0.1, -0.05) is 12.1 Å². The number of aryl methyl sites for hydroxylation is 2. The molecule has 0 N–H and O–H groups in total. The fourth-order valence-corrected chi connectivity index (χ4v) is 1.89. The molecule has 0 atom stereocenters. The van der Waals surface area contributed by atoms with E-state index in [0.29, 0.717) is 22.6 Å². The first kappa shape index (κ1) is 13.6. The smallest absolute Gasteiger partial charge is 0.276 e. The van der Waals surface area contributed by atoms with Crippen molar-refractivity contribution in [2.75, 3.05) is 0 Å². The van der Waals surface area contributed by atoms with Gasteiger partial charge in [-0.2, -0.15) is 5.26 Å². The van der Waals surface area contributed by atoms with Crippen molar-refractivity contribution in [3.8, 4) is 17.6 Å². The summed E-state index contributed by atoms with van der Waals surface area (Å²) in [6.07, 6.45) is 0. The molecule has 0 radical (unpaired) electrons. The lowest BCUT2D eigenvalue weighted by Crippen LogP contribution is -1.96. The summed E-state index contributed by atoms with van der Waals surface area (Å²) in [4.78, 5) is 10.5. The molecule has 20 heavy (non-hydrogen) atoms. The van der Waals surface area contributed by atoms with Gasteiger partial charge in [-0.05, 0) is 37.6 Å². The molecule has 0 heterocycles. The van der Waals surface area contributed by atoms with Gasteiger partial charge in [0.05, 0.1) is 16.6 Å². The average Bonchev–Trinajstić information content (AvgIpc) is 2.42. The van der Waals surface area contributed by atoms with Gasteiger partial charge in [-0.15, -0.1) is 0 Å². The Bertz CT molecular complexity index is 718. The van der Waals surface area contributed by atoms with Crippen molar-refractivity contribution in [2.24, 2.45) is 0 Å². The van der Waals surface area contributed by atoms with Gasteiger partial charge in [-0.25, -0.2) is 0 Å². The van der Waals surface area contributed by atoms with Crippen molar-refractivity contribution >= 4 is 5.69 Å². The minimum absolute atomic E-state index is 0.0000359. The second kappa shape index (κ2) is 5.41. The number of para-hydroxylation sites is 1. The molecule has 2 aromatic carbocycles. The summed E-state index contributed by atoms with van der Waals surface area (Å²) < 4.78 is 5.65. The number of hydrogen-bond acceptors (Lipinski definition) is 4. The summed E-state index contributed by atoms with van der Waals surface area (Å²) in [7, 11) is 0. The Morgan fingerprint density at radius 2 is 1.85 bits per heavy atom. The molecule has 0 aromatic heterocycles. The maximum atomic E-state index is 11.0. The first-order valence-electron chi connectivity index (χ1n) is 5.95. The van der Waals surface area contributed by atoms with Crippen LogP contribution in [0, 0.1) is 35.3 Å². The molecule has 0 aliphatic heterocycles.